The standard InChI is InChI=1S/C16H23N5O3S/c1-10-7-5-6-8-21(10)11(22)9-25-15-17-13-12(18(15)2)14(23)20(4)16(24)19(13)3/h10H,5-9H2,1-4H3/t10-/m1/s1. The van der Waals surface area contributed by atoms with Crippen molar-refractivity contribution in [2.75, 3.05) is 12.3 Å². The third-order valence-corrected chi connectivity index (χ3v) is 5.90. The van der Waals surface area contributed by atoms with Gasteiger partial charge in [-0.25, -0.2) is 9.78 Å². The molecule has 0 radical (unpaired) electrons. The minimum atomic E-state index is -0.412. The molecule has 0 spiro atoms. The summed E-state index contributed by atoms with van der Waals surface area (Å²) in [5.74, 6) is 0.363. The van der Waals surface area contributed by atoms with Crippen molar-refractivity contribution in [3.05, 3.63) is 20.8 Å². The van der Waals surface area contributed by atoms with Gasteiger partial charge < -0.3 is 9.47 Å². The van der Waals surface area contributed by atoms with Gasteiger partial charge >= 0.3 is 5.69 Å². The second kappa shape index (κ2) is 6.70. The van der Waals surface area contributed by atoms with Gasteiger partial charge in [0.1, 0.15) is 0 Å². The maximum atomic E-state index is 12.5. The number of likely N-dealkylation sites (tertiary alicyclic amines) is 1. The summed E-state index contributed by atoms with van der Waals surface area (Å²) in [5.41, 5.74) is -0.0796. The number of piperidine rings is 1. The van der Waals surface area contributed by atoms with E-state index in [1.165, 1.54) is 29.8 Å². The van der Waals surface area contributed by atoms with E-state index in [1.54, 1.807) is 18.7 Å². The molecule has 1 aliphatic heterocycles. The van der Waals surface area contributed by atoms with Gasteiger partial charge in [0.2, 0.25) is 5.91 Å². The minimum Gasteiger partial charge on any atom is -0.339 e. The first-order valence-corrected chi connectivity index (χ1v) is 9.36. The summed E-state index contributed by atoms with van der Waals surface area (Å²) in [6, 6.07) is 0.274. The number of nitrogens with zero attached hydrogens (tertiary/aromatic N) is 5. The first kappa shape index (κ1) is 17.8. The normalized spacial score (nSPS) is 18.1. The van der Waals surface area contributed by atoms with Crippen LogP contribution in [0.4, 0.5) is 0 Å². The van der Waals surface area contributed by atoms with Crippen LogP contribution in [-0.4, -0.2) is 47.8 Å². The molecule has 3 rings (SSSR count). The molecule has 1 saturated heterocycles. The number of hydrogen-bond acceptors (Lipinski definition) is 5. The van der Waals surface area contributed by atoms with Gasteiger partial charge in [0, 0.05) is 33.7 Å². The number of fused-ring (bicyclic) bond motifs is 1. The van der Waals surface area contributed by atoms with Crippen molar-refractivity contribution in [1.82, 2.24) is 23.6 Å². The van der Waals surface area contributed by atoms with Gasteiger partial charge in [0.15, 0.2) is 16.3 Å². The summed E-state index contributed by atoms with van der Waals surface area (Å²) >= 11 is 1.30. The van der Waals surface area contributed by atoms with E-state index in [9.17, 15) is 14.4 Å². The molecule has 1 fully saturated rings. The van der Waals surface area contributed by atoms with E-state index in [2.05, 4.69) is 11.9 Å². The van der Waals surface area contributed by atoms with Crippen molar-refractivity contribution in [3.8, 4) is 0 Å². The van der Waals surface area contributed by atoms with Crippen LogP contribution in [-0.2, 0) is 25.9 Å². The number of carbonyl (C=O) groups excluding carboxylic acids is 1. The van der Waals surface area contributed by atoms with E-state index >= 15 is 0 Å². The third-order valence-electron chi connectivity index (χ3n) is 4.88. The first-order valence-electron chi connectivity index (χ1n) is 8.37. The number of amides is 1. The lowest BCUT2D eigenvalue weighted by Gasteiger charge is -2.33. The van der Waals surface area contributed by atoms with Crippen LogP contribution >= 0.6 is 11.8 Å². The molecule has 1 aliphatic rings. The molecule has 2 aromatic rings. The average molecular weight is 365 g/mol. The van der Waals surface area contributed by atoms with E-state index < -0.39 is 5.69 Å². The Hall–Kier alpha value is -2.03. The molecule has 8 nitrogen and oxygen atoms in total. The summed E-state index contributed by atoms with van der Waals surface area (Å²) in [7, 11) is 4.77. The molecule has 0 unspecified atom stereocenters. The Bertz CT molecular complexity index is 942. The first-order chi connectivity index (χ1) is 11.8. The minimum absolute atomic E-state index is 0.0889. The molecule has 0 aromatic carbocycles. The fourth-order valence-electron chi connectivity index (χ4n) is 3.31. The Morgan fingerprint density at radius 3 is 2.56 bits per heavy atom. The Balaban J connectivity index is 1.88. The van der Waals surface area contributed by atoms with Crippen molar-refractivity contribution in [2.45, 2.75) is 37.4 Å². The number of carbonyl (C=O) groups is 1. The third kappa shape index (κ3) is 3.01. The SMILES string of the molecule is C[C@@H]1CCCCN1C(=O)CSc1nc2c(c(=O)n(C)c(=O)n2C)n1C. The van der Waals surface area contributed by atoms with Crippen LogP contribution in [0.25, 0.3) is 11.2 Å². The van der Waals surface area contributed by atoms with Gasteiger partial charge in [-0.1, -0.05) is 11.8 Å². The zero-order valence-electron chi connectivity index (χ0n) is 15.0. The monoisotopic (exact) mass is 365 g/mol. The Morgan fingerprint density at radius 1 is 1.16 bits per heavy atom. The number of hydrogen-bond donors (Lipinski definition) is 0. The Kier molecular flexibility index (Phi) is 4.77. The number of aromatic nitrogens is 4. The highest BCUT2D eigenvalue weighted by molar-refractivity contribution is 7.99. The summed E-state index contributed by atoms with van der Waals surface area (Å²) in [5, 5.41) is 0.561. The summed E-state index contributed by atoms with van der Waals surface area (Å²) < 4.78 is 4.09. The van der Waals surface area contributed by atoms with Gasteiger partial charge in [-0.3, -0.25) is 18.7 Å². The van der Waals surface area contributed by atoms with Crippen molar-refractivity contribution >= 4 is 28.8 Å². The number of thioether (sulfide) groups is 1. The topological polar surface area (TPSA) is 82.1 Å². The van der Waals surface area contributed by atoms with Crippen LogP contribution < -0.4 is 11.2 Å². The zero-order valence-corrected chi connectivity index (χ0v) is 15.8. The van der Waals surface area contributed by atoms with E-state index in [0.717, 1.165) is 24.0 Å². The molecule has 0 saturated carbocycles. The number of aryl methyl sites for hydroxylation is 2. The highest BCUT2D eigenvalue weighted by atomic mass is 32.2. The molecule has 9 heteroatoms. The lowest BCUT2D eigenvalue weighted by molar-refractivity contribution is -0.131. The molecular weight excluding hydrogens is 342 g/mol. The molecule has 1 amide bonds. The predicted molar refractivity (Wildman–Crippen MR) is 96.9 cm³/mol. The van der Waals surface area contributed by atoms with E-state index in [1.807, 2.05) is 4.90 Å². The van der Waals surface area contributed by atoms with Crippen LogP contribution in [0.1, 0.15) is 26.2 Å². The zero-order chi connectivity index (χ0) is 18.3. The van der Waals surface area contributed by atoms with Gasteiger partial charge in [0.25, 0.3) is 5.56 Å². The van der Waals surface area contributed by atoms with Crippen LogP contribution in [0, 0.1) is 0 Å². The maximum absolute atomic E-state index is 12.5. The number of rotatable bonds is 3. The fraction of sp³-hybridized carbons (Fsp3) is 0.625. The molecular formula is C16H23N5O3S. The quantitative estimate of drug-likeness (QED) is 0.738. The lowest BCUT2D eigenvalue weighted by atomic mass is 10.0. The highest BCUT2D eigenvalue weighted by Gasteiger charge is 2.24. The summed E-state index contributed by atoms with van der Waals surface area (Å²) in [6.07, 6.45) is 3.26. The Labute approximate surface area is 149 Å². The Morgan fingerprint density at radius 2 is 1.88 bits per heavy atom. The van der Waals surface area contributed by atoms with Crippen LogP contribution in [0.15, 0.2) is 14.7 Å². The van der Waals surface area contributed by atoms with E-state index in [0.29, 0.717) is 16.3 Å². The summed E-state index contributed by atoms with van der Waals surface area (Å²) in [6.45, 7) is 2.88. The van der Waals surface area contributed by atoms with Crippen molar-refractivity contribution in [1.29, 1.82) is 0 Å². The van der Waals surface area contributed by atoms with Gasteiger partial charge in [-0.2, -0.15) is 0 Å². The largest absolute Gasteiger partial charge is 0.339 e. The van der Waals surface area contributed by atoms with Gasteiger partial charge in [-0.15, -0.1) is 0 Å². The predicted octanol–water partition coefficient (Wildman–Crippen LogP) is 0.464. The van der Waals surface area contributed by atoms with Gasteiger partial charge in [0.05, 0.1) is 5.75 Å². The average Bonchev–Trinajstić information content (AvgIpc) is 2.93. The second-order valence-electron chi connectivity index (χ2n) is 6.55. The van der Waals surface area contributed by atoms with Gasteiger partial charge in [-0.05, 0) is 26.2 Å². The molecule has 2 aromatic heterocycles. The van der Waals surface area contributed by atoms with Crippen LogP contribution in [0.5, 0.6) is 0 Å². The molecule has 0 aliphatic carbocycles. The van der Waals surface area contributed by atoms with Crippen LogP contribution in [0.3, 0.4) is 0 Å². The lowest BCUT2D eigenvalue weighted by Crippen LogP contribution is -2.42. The molecule has 3 heterocycles. The molecule has 0 N–H and O–H groups in total. The molecule has 0 bridgehead atoms. The van der Waals surface area contributed by atoms with Crippen LogP contribution in [0.2, 0.25) is 0 Å². The van der Waals surface area contributed by atoms with Crippen molar-refractivity contribution in [3.63, 3.8) is 0 Å². The fourth-order valence-corrected chi connectivity index (χ4v) is 4.16. The van der Waals surface area contributed by atoms with E-state index in [4.69, 9.17) is 0 Å². The number of imidazole rings is 1. The smallest absolute Gasteiger partial charge is 0.332 e. The second-order valence-corrected chi connectivity index (χ2v) is 7.49. The van der Waals surface area contributed by atoms with Crippen molar-refractivity contribution in [2.24, 2.45) is 21.1 Å². The molecule has 25 heavy (non-hydrogen) atoms. The van der Waals surface area contributed by atoms with E-state index in [-0.39, 0.29) is 23.3 Å². The molecule has 1 atom stereocenters. The molecule has 136 valence electrons. The van der Waals surface area contributed by atoms with Crippen molar-refractivity contribution < 1.29 is 4.79 Å². The summed E-state index contributed by atoms with van der Waals surface area (Å²) in [4.78, 5) is 43.2. The highest BCUT2D eigenvalue weighted by Crippen LogP contribution is 2.22. The maximum Gasteiger partial charge on any atom is 0.332 e.